The van der Waals surface area contributed by atoms with Crippen molar-refractivity contribution in [3.05, 3.63) is 65.7 Å². The van der Waals surface area contributed by atoms with E-state index in [4.69, 9.17) is 4.74 Å². The number of sulfone groups is 1. The number of rotatable bonds is 9. The van der Waals surface area contributed by atoms with Gasteiger partial charge in [0.25, 0.3) is 5.91 Å². The Morgan fingerprint density at radius 2 is 1.65 bits per heavy atom. The fraction of sp³-hybridized carbons (Fsp3) is 0.364. The maximum Gasteiger partial charge on any atom is 0.251 e. The van der Waals surface area contributed by atoms with Crippen molar-refractivity contribution in [3.63, 3.8) is 0 Å². The molecule has 0 spiro atoms. The zero-order chi connectivity index (χ0) is 22.1. The summed E-state index contributed by atoms with van der Waals surface area (Å²) in [6.07, 6.45) is 0. The minimum atomic E-state index is -3.64. The first-order valence-electron chi connectivity index (χ1n) is 10.1. The van der Waals surface area contributed by atoms with Crippen molar-refractivity contribution in [1.29, 1.82) is 0 Å². The van der Waals surface area contributed by atoms with Gasteiger partial charge in [0, 0.05) is 37.4 Å². The van der Waals surface area contributed by atoms with Crippen LogP contribution in [0.25, 0.3) is 0 Å². The summed E-state index contributed by atoms with van der Waals surface area (Å²) < 4.78 is 30.0. The van der Waals surface area contributed by atoms with Crippen molar-refractivity contribution in [3.8, 4) is 0 Å². The lowest BCUT2D eigenvalue weighted by Crippen LogP contribution is -2.41. The highest BCUT2D eigenvalue weighted by Crippen LogP contribution is 2.11. The molecule has 31 heavy (non-hydrogen) atoms. The van der Waals surface area contributed by atoms with E-state index < -0.39 is 21.5 Å². The lowest BCUT2D eigenvalue weighted by atomic mass is 10.1. The van der Waals surface area contributed by atoms with Crippen LogP contribution in [0.3, 0.4) is 0 Å². The first-order valence-corrected chi connectivity index (χ1v) is 12.0. The van der Waals surface area contributed by atoms with Crippen molar-refractivity contribution in [1.82, 2.24) is 10.2 Å². The number of amides is 2. The predicted octanol–water partition coefficient (Wildman–Crippen LogP) is 1.30. The molecule has 1 saturated heterocycles. The normalized spacial score (nSPS) is 14.7. The number of carbonyl (C=O) groups excluding carboxylic acids is 2. The Balaban J connectivity index is 1.46. The average molecular weight is 446 g/mol. The Hall–Kier alpha value is -2.75. The summed E-state index contributed by atoms with van der Waals surface area (Å²) in [6, 6.07) is 15.1. The van der Waals surface area contributed by atoms with Crippen LogP contribution < -0.4 is 10.6 Å². The average Bonchev–Trinajstić information content (AvgIpc) is 2.75. The Kier molecular flexibility index (Phi) is 8.16. The van der Waals surface area contributed by atoms with Crippen molar-refractivity contribution >= 4 is 27.3 Å². The van der Waals surface area contributed by atoms with E-state index in [1.807, 2.05) is 0 Å². The van der Waals surface area contributed by atoms with Crippen LogP contribution in [0.15, 0.2) is 54.6 Å². The Morgan fingerprint density at radius 3 is 2.32 bits per heavy atom. The van der Waals surface area contributed by atoms with Gasteiger partial charge in [0.1, 0.15) is 5.75 Å². The van der Waals surface area contributed by atoms with Crippen LogP contribution >= 0.6 is 0 Å². The van der Waals surface area contributed by atoms with Gasteiger partial charge < -0.3 is 15.4 Å². The number of nitrogens with one attached hydrogen (secondary N) is 2. The van der Waals surface area contributed by atoms with Gasteiger partial charge in [0.15, 0.2) is 9.84 Å². The van der Waals surface area contributed by atoms with Crippen molar-refractivity contribution in [2.24, 2.45) is 0 Å². The monoisotopic (exact) mass is 445 g/mol. The molecule has 1 heterocycles. The lowest BCUT2D eigenvalue weighted by molar-refractivity contribution is -0.113. The van der Waals surface area contributed by atoms with Gasteiger partial charge in [-0.2, -0.15) is 0 Å². The molecule has 1 aliphatic rings. The van der Waals surface area contributed by atoms with Gasteiger partial charge in [0.2, 0.25) is 5.91 Å². The van der Waals surface area contributed by atoms with Crippen LogP contribution in [0, 0.1) is 0 Å². The second kappa shape index (κ2) is 11.0. The lowest BCUT2D eigenvalue weighted by Gasteiger charge is -2.26. The number of hydrogen-bond acceptors (Lipinski definition) is 6. The third kappa shape index (κ3) is 7.78. The minimum Gasteiger partial charge on any atom is -0.379 e. The molecule has 166 valence electrons. The van der Waals surface area contributed by atoms with Crippen LogP contribution in [0.2, 0.25) is 0 Å². The van der Waals surface area contributed by atoms with Gasteiger partial charge >= 0.3 is 0 Å². The number of carbonyl (C=O) groups is 2. The largest absolute Gasteiger partial charge is 0.379 e. The molecule has 3 rings (SSSR count). The van der Waals surface area contributed by atoms with Crippen molar-refractivity contribution in [2.75, 3.05) is 50.5 Å². The zero-order valence-corrected chi connectivity index (χ0v) is 18.1. The summed E-state index contributed by atoms with van der Waals surface area (Å²) in [7, 11) is -3.64. The van der Waals surface area contributed by atoms with E-state index >= 15 is 0 Å². The fourth-order valence-electron chi connectivity index (χ4n) is 3.23. The molecular formula is C22H27N3O5S. The van der Waals surface area contributed by atoms with Crippen LogP contribution in [-0.4, -0.2) is 70.3 Å². The minimum absolute atomic E-state index is 0.204. The highest BCUT2D eigenvalue weighted by molar-refractivity contribution is 7.91. The topological polar surface area (TPSA) is 105 Å². The van der Waals surface area contributed by atoms with Gasteiger partial charge in [-0.05, 0) is 29.8 Å². The van der Waals surface area contributed by atoms with E-state index in [0.29, 0.717) is 36.6 Å². The molecule has 2 amide bonds. The number of nitrogens with zero attached hydrogens (tertiary/aromatic N) is 1. The third-order valence-electron chi connectivity index (χ3n) is 4.83. The summed E-state index contributed by atoms with van der Waals surface area (Å²) >= 11 is 0. The van der Waals surface area contributed by atoms with Crippen molar-refractivity contribution in [2.45, 2.75) is 5.75 Å². The molecule has 0 unspecified atom stereocenters. The number of para-hydroxylation sites is 1. The first-order chi connectivity index (χ1) is 14.9. The molecule has 2 aromatic carbocycles. The van der Waals surface area contributed by atoms with Crippen LogP contribution in [0.4, 0.5) is 5.69 Å². The molecule has 0 radical (unpaired) electrons. The quantitative estimate of drug-likeness (QED) is 0.603. The first kappa shape index (κ1) is 22.9. The molecule has 0 atom stereocenters. The molecule has 8 nitrogen and oxygen atoms in total. The zero-order valence-electron chi connectivity index (χ0n) is 17.2. The van der Waals surface area contributed by atoms with E-state index in [9.17, 15) is 18.0 Å². The number of morpholine rings is 1. The fourth-order valence-corrected chi connectivity index (χ4v) is 4.50. The molecular weight excluding hydrogens is 418 g/mol. The molecule has 0 aromatic heterocycles. The van der Waals surface area contributed by atoms with E-state index in [0.717, 1.165) is 19.6 Å². The Labute approximate surface area is 182 Å². The molecule has 9 heteroatoms. The van der Waals surface area contributed by atoms with E-state index in [1.165, 1.54) is 0 Å². The van der Waals surface area contributed by atoms with E-state index in [2.05, 4.69) is 15.5 Å². The third-order valence-corrected chi connectivity index (χ3v) is 6.30. The van der Waals surface area contributed by atoms with Gasteiger partial charge in [0.05, 0.1) is 19.0 Å². The maximum absolute atomic E-state index is 12.4. The van der Waals surface area contributed by atoms with Crippen LogP contribution in [0.5, 0.6) is 0 Å². The van der Waals surface area contributed by atoms with Gasteiger partial charge in [-0.3, -0.25) is 14.5 Å². The molecule has 2 N–H and O–H groups in total. The highest BCUT2D eigenvalue weighted by atomic mass is 32.2. The number of hydrogen-bond donors (Lipinski definition) is 2. The second-order valence-corrected chi connectivity index (χ2v) is 9.42. The van der Waals surface area contributed by atoms with Gasteiger partial charge in [-0.25, -0.2) is 8.42 Å². The van der Waals surface area contributed by atoms with E-state index in [-0.39, 0.29) is 11.7 Å². The number of benzene rings is 2. The maximum atomic E-state index is 12.4. The standard InChI is InChI=1S/C22H27N3O5S/c26-21(24-20-4-2-1-3-5-20)17-31(28,29)16-18-6-8-19(9-7-18)22(27)23-10-11-25-12-14-30-15-13-25/h1-9H,10-17H2,(H,23,27)(H,24,26). The highest BCUT2D eigenvalue weighted by Gasteiger charge is 2.18. The van der Waals surface area contributed by atoms with Crippen LogP contribution in [-0.2, 0) is 25.1 Å². The number of ether oxygens (including phenoxy) is 1. The predicted molar refractivity (Wildman–Crippen MR) is 119 cm³/mol. The van der Waals surface area contributed by atoms with E-state index in [1.54, 1.807) is 54.6 Å². The Bertz CT molecular complexity index is 972. The summed E-state index contributed by atoms with van der Waals surface area (Å²) in [5.41, 5.74) is 1.54. The molecule has 1 fully saturated rings. The summed E-state index contributed by atoms with van der Waals surface area (Å²) in [4.78, 5) is 26.5. The molecule has 2 aromatic rings. The second-order valence-electron chi connectivity index (χ2n) is 7.35. The summed E-state index contributed by atoms with van der Waals surface area (Å²) in [5, 5.41) is 5.44. The SMILES string of the molecule is O=C(CS(=O)(=O)Cc1ccc(C(=O)NCCN2CCOCC2)cc1)Nc1ccccc1. The smallest absolute Gasteiger partial charge is 0.251 e. The molecule has 1 aliphatic heterocycles. The molecule has 0 bridgehead atoms. The molecule has 0 aliphatic carbocycles. The molecule has 0 saturated carbocycles. The Morgan fingerprint density at radius 1 is 0.968 bits per heavy atom. The van der Waals surface area contributed by atoms with Crippen molar-refractivity contribution < 1.29 is 22.7 Å². The van der Waals surface area contributed by atoms with Crippen LogP contribution in [0.1, 0.15) is 15.9 Å². The van der Waals surface area contributed by atoms with Gasteiger partial charge in [-0.1, -0.05) is 30.3 Å². The van der Waals surface area contributed by atoms with Gasteiger partial charge in [-0.15, -0.1) is 0 Å². The number of anilines is 1. The summed E-state index contributed by atoms with van der Waals surface area (Å²) in [5.74, 6) is -1.66. The summed E-state index contributed by atoms with van der Waals surface area (Å²) in [6.45, 7) is 4.45.